The highest BCUT2D eigenvalue weighted by Gasteiger charge is 2.27. The van der Waals surface area contributed by atoms with Gasteiger partial charge in [-0.2, -0.15) is 0 Å². The average molecular weight is 257 g/mol. The molecular formula is C15H31NO2. The zero-order chi connectivity index (χ0) is 13.5. The number of rotatable bonds is 7. The molecule has 18 heavy (non-hydrogen) atoms. The first-order valence-corrected chi connectivity index (χ1v) is 7.53. The summed E-state index contributed by atoms with van der Waals surface area (Å²) in [4.78, 5) is 0. The summed E-state index contributed by atoms with van der Waals surface area (Å²) in [7, 11) is 0. The van der Waals surface area contributed by atoms with Crippen molar-refractivity contribution in [3.8, 4) is 0 Å². The Morgan fingerprint density at radius 3 is 2.44 bits per heavy atom. The number of hydrogen-bond donors (Lipinski definition) is 2. The summed E-state index contributed by atoms with van der Waals surface area (Å²) in [5.74, 6) is 1.49. The Morgan fingerprint density at radius 1 is 1.17 bits per heavy atom. The zero-order valence-corrected chi connectivity index (χ0v) is 12.5. The first kappa shape index (κ1) is 15.9. The third-order valence-corrected chi connectivity index (χ3v) is 3.91. The molecule has 0 aromatic heterocycles. The fourth-order valence-electron chi connectivity index (χ4n) is 2.86. The minimum atomic E-state index is -0.387. The van der Waals surface area contributed by atoms with Gasteiger partial charge in [-0.15, -0.1) is 0 Å². The molecule has 0 aliphatic heterocycles. The van der Waals surface area contributed by atoms with Crippen molar-refractivity contribution in [1.82, 2.24) is 5.32 Å². The lowest BCUT2D eigenvalue weighted by Crippen LogP contribution is -2.44. The lowest BCUT2D eigenvalue weighted by atomic mass is 9.78. The summed E-state index contributed by atoms with van der Waals surface area (Å²) in [5.41, 5.74) is 0. The molecular weight excluding hydrogens is 226 g/mol. The van der Waals surface area contributed by atoms with E-state index in [0.717, 1.165) is 11.8 Å². The normalized spacial score (nSPS) is 26.8. The average Bonchev–Trinajstić information content (AvgIpc) is 2.34. The fraction of sp³-hybridized carbons (Fsp3) is 1.00. The van der Waals surface area contributed by atoms with Gasteiger partial charge in [-0.25, -0.2) is 0 Å². The number of aliphatic hydroxyl groups is 1. The number of hydrogen-bond acceptors (Lipinski definition) is 3. The van der Waals surface area contributed by atoms with Gasteiger partial charge >= 0.3 is 0 Å². The second-order valence-corrected chi connectivity index (χ2v) is 6.24. The van der Waals surface area contributed by atoms with E-state index < -0.39 is 0 Å². The van der Waals surface area contributed by atoms with Gasteiger partial charge in [0.05, 0.1) is 18.8 Å². The predicted molar refractivity (Wildman–Crippen MR) is 75.7 cm³/mol. The summed E-state index contributed by atoms with van der Waals surface area (Å²) in [6.07, 6.45) is 5.06. The van der Waals surface area contributed by atoms with Crippen LogP contribution in [0.2, 0.25) is 0 Å². The molecule has 0 radical (unpaired) electrons. The van der Waals surface area contributed by atoms with Crippen molar-refractivity contribution in [3.63, 3.8) is 0 Å². The van der Waals surface area contributed by atoms with Crippen LogP contribution in [0.5, 0.6) is 0 Å². The van der Waals surface area contributed by atoms with Gasteiger partial charge in [0.1, 0.15) is 0 Å². The lowest BCUT2D eigenvalue weighted by molar-refractivity contribution is 0.00363. The van der Waals surface area contributed by atoms with E-state index in [1.807, 2.05) is 13.8 Å². The Labute approximate surface area is 112 Å². The molecule has 0 aromatic rings. The maximum absolute atomic E-state index is 9.87. The van der Waals surface area contributed by atoms with E-state index in [9.17, 15) is 5.11 Å². The zero-order valence-electron chi connectivity index (χ0n) is 12.5. The van der Waals surface area contributed by atoms with Crippen LogP contribution in [-0.2, 0) is 4.74 Å². The molecule has 0 amide bonds. The highest BCUT2D eigenvalue weighted by molar-refractivity contribution is 4.83. The van der Waals surface area contributed by atoms with E-state index in [0.29, 0.717) is 19.2 Å². The lowest BCUT2D eigenvalue weighted by Gasteiger charge is -2.35. The van der Waals surface area contributed by atoms with Crippen molar-refractivity contribution in [2.75, 3.05) is 13.2 Å². The summed E-state index contributed by atoms with van der Waals surface area (Å²) in [6.45, 7) is 9.70. The first-order valence-electron chi connectivity index (χ1n) is 7.53. The molecule has 1 aliphatic rings. The molecule has 108 valence electrons. The molecule has 1 fully saturated rings. The SMILES string of the molecule is CC(C)OCC(O)CNC1CCCCC1C(C)C. The number of aliphatic hydroxyl groups excluding tert-OH is 1. The first-order chi connectivity index (χ1) is 8.50. The second-order valence-electron chi connectivity index (χ2n) is 6.24. The predicted octanol–water partition coefficient (Wildman–Crippen LogP) is 2.58. The van der Waals surface area contributed by atoms with Gasteiger partial charge < -0.3 is 15.2 Å². The summed E-state index contributed by atoms with van der Waals surface area (Å²) in [5, 5.41) is 13.4. The Balaban J connectivity index is 2.27. The Kier molecular flexibility index (Phi) is 7.20. The molecule has 3 heteroatoms. The molecule has 0 aromatic carbocycles. The molecule has 3 nitrogen and oxygen atoms in total. The van der Waals surface area contributed by atoms with E-state index in [-0.39, 0.29) is 12.2 Å². The van der Waals surface area contributed by atoms with Gasteiger partial charge in [0.2, 0.25) is 0 Å². The van der Waals surface area contributed by atoms with Crippen LogP contribution in [0.1, 0.15) is 53.4 Å². The Morgan fingerprint density at radius 2 is 1.83 bits per heavy atom. The van der Waals surface area contributed by atoms with Crippen LogP contribution >= 0.6 is 0 Å². The highest BCUT2D eigenvalue weighted by atomic mass is 16.5. The maximum atomic E-state index is 9.87. The van der Waals surface area contributed by atoms with Gasteiger partial charge in [0, 0.05) is 12.6 Å². The van der Waals surface area contributed by atoms with Gasteiger partial charge in [0.15, 0.2) is 0 Å². The quantitative estimate of drug-likeness (QED) is 0.736. The topological polar surface area (TPSA) is 41.5 Å². The smallest absolute Gasteiger partial charge is 0.0897 e. The van der Waals surface area contributed by atoms with Gasteiger partial charge in [-0.3, -0.25) is 0 Å². The molecule has 3 atom stereocenters. The van der Waals surface area contributed by atoms with Crippen LogP contribution in [-0.4, -0.2) is 36.5 Å². The molecule has 1 rings (SSSR count). The Bertz CT molecular complexity index is 219. The third-order valence-electron chi connectivity index (χ3n) is 3.91. The minimum Gasteiger partial charge on any atom is -0.389 e. The Hall–Kier alpha value is -0.120. The van der Waals surface area contributed by atoms with Crippen molar-refractivity contribution < 1.29 is 9.84 Å². The van der Waals surface area contributed by atoms with Crippen LogP contribution in [0.3, 0.4) is 0 Å². The van der Waals surface area contributed by atoms with Crippen LogP contribution in [0.25, 0.3) is 0 Å². The van der Waals surface area contributed by atoms with Crippen molar-refractivity contribution in [2.45, 2.75) is 71.6 Å². The number of nitrogens with one attached hydrogen (secondary N) is 1. The van der Waals surface area contributed by atoms with E-state index in [2.05, 4.69) is 19.2 Å². The molecule has 3 unspecified atom stereocenters. The minimum absolute atomic E-state index is 0.192. The second kappa shape index (κ2) is 8.13. The van der Waals surface area contributed by atoms with Crippen LogP contribution < -0.4 is 5.32 Å². The van der Waals surface area contributed by atoms with Crippen LogP contribution in [0.15, 0.2) is 0 Å². The largest absolute Gasteiger partial charge is 0.389 e. The molecule has 0 heterocycles. The van der Waals surface area contributed by atoms with Crippen LogP contribution in [0.4, 0.5) is 0 Å². The third kappa shape index (κ3) is 5.68. The molecule has 0 saturated heterocycles. The number of ether oxygens (including phenoxy) is 1. The van der Waals surface area contributed by atoms with Gasteiger partial charge in [-0.05, 0) is 38.5 Å². The van der Waals surface area contributed by atoms with Gasteiger partial charge in [-0.1, -0.05) is 26.7 Å². The van der Waals surface area contributed by atoms with Gasteiger partial charge in [0.25, 0.3) is 0 Å². The molecule has 2 N–H and O–H groups in total. The molecule has 1 saturated carbocycles. The van der Waals surface area contributed by atoms with E-state index >= 15 is 0 Å². The summed E-state index contributed by atoms with van der Waals surface area (Å²) in [6, 6.07) is 0.576. The summed E-state index contributed by atoms with van der Waals surface area (Å²) < 4.78 is 5.43. The molecule has 1 aliphatic carbocycles. The standard InChI is InChI=1S/C15H31NO2/c1-11(2)14-7-5-6-8-15(14)16-9-13(17)10-18-12(3)4/h11-17H,5-10H2,1-4H3. The van der Waals surface area contributed by atoms with Crippen molar-refractivity contribution in [3.05, 3.63) is 0 Å². The van der Waals surface area contributed by atoms with E-state index in [1.165, 1.54) is 25.7 Å². The van der Waals surface area contributed by atoms with Crippen LogP contribution in [0, 0.1) is 11.8 Å². The van der Waals surface area contributed by atoms with Crippen molar-refractivity contribution in [2.24, 2.45) is 11.8 Å². The van der Waals surface area contributed by atoms with E-state index in [1.54, 1.807) is 0 Å². The highest BCUT2D eigenvalue weighted by Crippen LogP contribution is 2.30. The van der Waals surface area contributed by atoms with Crippen molar-refractivity contribution >= 4 is 0 Å². The monoisotopic (exact) mass is 257 g/mol. The maximum Gasteiger partial charge on any atom is 0.0897 e. The van der Waals surface area contributed by atoms with E-state index in [4.69, 9.17) is 4.74 Å². The van der Waals surface area contributed by atoms with Crippen molar-refractivity contribution in [1.29, 1.82) is 0 Å². The summed E-state index contributed by atoms with van der Waals surface area (Å²) >= 11 is 0. The fourth-order valence-corrected chi connectivity index (χ4v) is 2.86. The molecule has 0 spiro atoms. The molecule has 0 bridgehead atoms.